The van der Waals surface area contributed by atoms with Gasteiger partial charge in [-0.25, -0.2) is 0 Å². The van der Waals surface area contributed by atoms with E-state index in [-0.39, 0.29) is 17.9 Å². The molecule has 0 unspecified atom stereocenters. The summed E-state index contributed by atoms with van der Waals surface area (Å²) in [5.41, 5.74) is 1.21. The number of Topliss-reactive ketones (excluding diaryl/α,β-unsaturated/α-hetero) is 1. The first-order valence-electron chi connectivity index (χ1n) is 5.46. The molecule has 3 nitrogen and oxygen atoms in total. The molecule has 0 amide bonds. The van der Waals surface area contributed by atoms with Crippen LogP contribution in [0, 0.1) is 0 Å². The molecule has 0 saturated carbocycles. The van der Waals surface area contributed by atoms with Crippen molar-refractivity contribution in [3.63, 3.8) is 0 Å². The number of methoxy groups -OCH3 is 1. The van der Waals surface area contributed by atoms with Crippen LogP contribution in [-0.2, 0) is 9.53 Å². The molecule has 3 heteroatoms. The lowest BCUT2D eigenvalue weighted by Gasteiger charge is -2.18. The van der Waals surface area contributed by atoms with E-state index >= 15 is 0 Å². The maximum atomic E-state index is 11.2. The molecular formula is C13H19NO2. The van der Waals surface area contributed by atoms with E-state index in [1.807, 2.05) is 18.2 Å². The normalized spacial score (nSPS) is 14.4. The predicted octanol–water partition coefficient (Wildman–Crippen LogP) is 1.94. The first-order chi connectivity index (χ1) is 7.65. The molecule has 1 aromatic rings. The maximum absolute atomic E-state index is 11.2. The highest BCUT2D eigenvalue weighted by Gasteiger charge is 2.14. The van der Waals surface area contributed by atoms with Gasteiger partial charge in [-0.15, -0.1) is 0 Å². The van der Waals surface area contributed by atoms with Crippen molar-refractivity contribution < 1.29 is 9.53 Å². The van der Waals surface area contributed by atoms with E-state index in [1.165, 1.54) is 5.56 Å². The van der Waals surface area contributed by atoms with Gasteiger partial charge in [0.1, 0.15) is 6.10 Å². The second-order valence-corrected chi connectivity index (χ2v) is 3.88. The van der Waals surface area contributed by atoms with Crippen LogP contribution < -0.4 is 5.32 Å². The van der Waals surface area contributed by atoms with E-state index in [2.05, 4.69) is 24.4 Å². The maximum Gasteiger partial charge on any atom is 0.159 e. The number of nitrogens with one attached hydrogen (secondary N) is 1. The first kappa shape index (κ1) is 12.9. The van der Waals surface area contributed by atoms with Crippen molar-refractivity contribution in [1.29, 1.82) is 0 Å². The molecule has 16 heavy (non-hydrogen) atoms. The topological polar surface area (TPSA) is 38.3 Å². The fraction of sp³-hybridized carbons (Fsp3) is 0.462. The number of hydrogen-bond acceptors (Lipinski definition) is 3. The van der Waals surface area contributed by atoms with Gasteiger partial charge in [-0.1, -0.05) is 30.3 Å². The van der Waals surface area contributed by atoms with Crippen molar-refractivity contribution in [2.75, 3.05) is 13.7 Å². The highest BCUT2D eigenvalue weighted by atomic mass is 16.5. The molecule has 0 fully saturated rings. The lowest BCUT2D eigenvalue weighted by atomic mass is 10.1. The Morgan fingerprint density at radius 1 is 1.38 bits per heavy atom. The van der Waals surface area contributed by atoms with E-state index in [9.17, 15) is 4.79 Å². The Hall–Kier alpha value is -1.19. The van der Waals surface area contributed by atoms with Gasteiger partial charge in [0.25, 0.3) is 0 Å². The van der Waals surface area contributed by atoms with Crippen molar-refractivity contribution in [1.82, 2.24) is 5.32 Å². The van der Waals surface area contributed by atoms with Crippen molar-refractivity contribution in [3.8, 4) is 0 Å². The molecule has 88 valence electrons. The minimum Gasteiger partial charge on any atom is -0.372 e. The SMILES string of the molecule is CO[C@@H](CN[C@H](C)c1ccccc1)C(C)=O. The molecule has 0 heterocycles. The summed E-state index contributed by atoms with van der Waals surface area (Å²) in [4.78, 5) is 11.2. The number of carbonyl (C=O) groups is 1. The minimum absolute atomic E-state index is 0.0512. The fourth-order valence-electron chi connectivity index (χ4n) is 1.54. The third kappa shape index (κ3) is 3.76. The Morgan fingerprint density at radius 3 is 2.50 bits per heavy atom. The lowest BCUT2D eigenvalue weighted by molar-refractivity contribution is -0.126. The lowest BCUT2D eigenvalue weighted by Crippen LogP contribution is -2.34. The Kier molecular flexibility index (Phi) is 5.15. The van der Waals surface area contributed by atoms with Crippen LogP contribution in [-0.4, -0.2) is 25.5 Å². The van der Waals surface area contributed by atoms with Crippen LogP contribution in [0.4, 0.5) is 0 Å². The zero-order chi connectivity index (χ0) is 12.0. The van der Waals surface area contributed by atoms with Crippen molar-refractivity contribution >= 4 is 5.78 Å². The van der Waals surface area contributed by atoms with E-state index in [0.29, 0.717) is 6.54 Å². The monoisotopic (exact) mass is 221 g/mol. The Bertz CT molecular complexity index is 324. The summed E-state index contributed by atoms with van der Waals surface area (Å²) in [6.45, 7) is 4.16. The number of hydrogen-bond donors (Lipinski definition) is 1. The second-order valence-electron chi connectivity index (χ2n) is 3.88. The van der Waals surface area contributed by atoms with E-state index in [4.69, 9.17) is 4.74 Å². The third-order valence-corrected chi connectivity index (χ3v) is 2.65. The number of rotatable bonds is 6. The quantitative estimate of drug-likeness (QED) is 0.797. The Morgan fingerprint density at radius 2 is 2.00 bits per heavy atom. The van der Waals surface area contributed by atoms with Gasteiger partial charge in [0.05, 0.1) is 0 Å². The molecule has 1 rings (SSSR count). The largest absolute Gasteiger partial charge is 0.372 e. The Balaban J connectivity index is 2.46. The molecule has 0 aromatic heterocycles. The van der Waals surface area contributed by atoms with Crippen LogP contribution in [0.3, 0.4) is 0 Å². The van der Waals surface area contributed by atoms with Gasteiger partial charge >= 0.3 is 0 Å². The van der Waals surface area contributed by atoms with E-state index in [0.717, 1.165) is 0 Å². The summed E-state index contributed by atoms with van der Waals surface area (Å²) in [7, 11) is 1.56. The van der Waals surface area contributed by atoms with Gasteiger partial charge in [0.15, 0.2) is 5.78 Å². The van der Waals surface area contributed by atoms with Crippen LogP contribution in [0.2, 0.25) is 0 Å². The standard InChI is InChI=1S/C13H19NO2/c1-10(12-7-5-4-6-8-12)14-9-13(16-3)11(2)15/h4-8,10,13-14H,9H2,1-3H3/t10-,13+/m1/s1. The highest BCUT2D eigenvalue weighted by Crippen LogP contribution is 2.10. The van der Waals surface area contributed by atoms with Crippen molar-refractivity contribution in [2.24, 2.45) is 0 Å². The molecule has 0 saturated heterocycles. The van der Waals surface area contributed by atoms with Crippen LogP contribution in [0.25, 0.3) is 0 Å². The smallest absolute Gasteiger partial charge is 0.159 e. The first-order valence-corrected chi connectivity index (χ1v) is 5.46. The molecule has 1 N–H and O–H groups in total. The summed E-state index contributed by atoms with van der Waals surface area (Å²) >= 11 is 0. The molecule has 0 aliphatic carbocycles. The molecule has 0 radical (unpaired) electrons. The summed E-state index contributed by atoms with van der Waals surface area (Å²) in [5.74, 6) is 0.0512. The van der Waals surface area contributed by atoms with E-state index in [1.54, 1.807) is 14.0 Å². The van der Waals surface area contributed by atoms with E-state index < -0.39 is 0 Å². The van der Waals surface area contributed by atoms with Gasteiger partial charge in [-0.3, -0.25) is 4.79 Å². The zero-order valence-corrected chi connectivity index (χ0v) is 10.1. The van der Waals surface area contributed by atoms with Crippen LogP contribution in [0.5, 0.6) is 0 Å². The molecule has 0 bridgehead atoms. The molecule has 0 spiro atoms. The number of ketones is 1. The number of ether oxygens (including phenoxy) is 1. The molecule has 1 aromatic carbocycles. The molecule has 0 aliphatic rings. The third-order valence-electron chi connectivity index (χ3n) is 2.65. The van der Waals surface area contributed by atoms with Crippen LogP contribution in [0.15, 0.2) is 30.3 Å². The fourth-order valence-corrected chi connectivity index (χ4v) is 1.54. The number of carbonyl (C=O) groups excluding carboxylic acids is 1. The molecule has 0 aliphatic heterocycles. The van der Waals surface area contributed by atoms with Crippen LogP contribution >= 0.6 is 0 Å². The van der Waals surface area contributed by atoms with Crippen molar-refractivity contribution in [3.05, 3.63) is 35.9 Å². The second kappa shape index (κ2) is 6.40. The van der Waals surface area contributed by atoms with Gasteiger partial charge in [-0.2, -0.15) is 0 Å². The minimum atomic E-state index is -0.355. The Labute approximate surface area is 96.8 Å². The summed E-state index contributed by atoms with van der Waals surface area (Å²) in [6, 6.07) is 10.3. The van der Waals surface area contributed by atoms with Gasteiger partial charge in [0.2, 0.25) is 0 Å². The van der Waals surface area contributed by atoms with Crippen LogP contribution in [0.1, 0.15) is 25.5 Å². The van der Waals surface area contributed by atoms with Crippen molar-refractivity contribution in [2.45, 2.75) is 26.0 Å². The summed E-state index contributed by atoms with van der Waals surface area (Å²) in [6.07, 6.45) is -0.355. The van der Waals surface area contributed by atoms with Gasteiger partial charge in [0, 0.05) is 19.7 Å². The summed E-state index contributed by atoms with van der Waals surface area (Å²) < 4.78 is 5.09. The number of benzene rings is 1. The molecular weight excluding hydrogens is 202 g/mol. The predicted molar refractivity (Wildman–Crippen MR) is 64.3 cm³/mol. The zero-order valence-electron chi connectivity index (χ0n) is 10.1. The summed E-state index contributed by atoms with van der Waals surface area (Å²) in [5, 5.41) is 3.29. The van der Waals surface area contributed by atoms with Gasteiger partial charge < -0.3 is 10.1 Å². The molecule has 2 atom stereocenters. The van der Waals surface area contributed by atoms with Gasteiger partial charge in [-0.05, 0) is 19.4 Å². The average molecular weight is 221 g/mol. The highest BCUT2D eigenvalue weighted by molar-refractivity contribution is 5.80. The average Bonchev–Trinajstić information content (AvgIpc) is 2.30.